The van der Waals surface area contributed by atoms with E-state index < -0.39 is 34.4 Å². The van der Waals surface area contributed by atoms with Crippen LogP contribution in [0.25, 0.3) is 10.8 Å². The minimum atomic E-state index is -4.37. The zero-order chi connectivity index (χ0) is 17.3. The molecule has 9 heteroatoms. The van der Waals surface area contributed by atoms with Gasteiger partial charge in [-0.25, -0.2) is 17.2 Å². The van der Waals surface area contributed by atoms with E-state index in [0.717, 1.165) is 6.92 Å². The van der Waals surface area contributed by atoms with Crippen LogP contribution in [0, 0.1) is 0 Å². The second kappa shape index (κ2) is 6.17. The summed E-state index contributed by atoms with van der Waals surface area (Å²) in [6.45, 7) is 0.854. The number of benzene rings is 1. The number of pyridine rings is 1. The summed E-state index contributed by atoms with van der Waals surface area (Å²) in [5, 5.41) is 9.59. The highest BCUT2D eigenvalue weighted by molar-refractivity contribution is 7.89. The van der Waals surface area contributed by atoms with Gasteiger partial charge in [0, 0.05) is 17.8 Å². The minimum Gasteiger partial charge on any atom is -0.481 e. The lowest BCUT2D eigenvalue weighted by molar-refractivity contribution is -0.140. The fourth-order valence-electron chi connectivity index (χ4n) is 2.15. The van der Waals surface area contributed by atoms with E-state index in [1.165, 1.54) is 24.5 Å². The molecule has 124 valence electrons. The Bertz CT molecular complexity index is 836. The lowest BCUT2D eigenvalue weighted by Gasteiger charge is -2.28. The average molecular weight is 344 g/mol. The molecule has 1 aromatic heterocycles. The summed E-state index contributed by atoms with van der Waals surface area (Å²) in [7, 11) is -4.37. The number of carboxylic acid groups (broad SMARTS) is 1. The predicted molar refractivity (Wildman–Crippen MR) is 78.7 cm³/mol. The van der Waals surface area contributed by atoms with Gasteiger partial charge in [-0.05, 0) is 24.4 Å². The minimum absolute atomic E-state index is 0.236. The molecule has 2 rings (SSSR count). The van der Waals surface area contributed by atoms with Crippen molar-refractivity contribution in [2.75, 3.05) is 0 Å². The maximum Gasteiger partial charge on any atom is 0.305 e. The Morgan fingerprint density at radius 1 is 1.39 bits per heavy atom. The molecule has 0 saturated carbocycles. The van der Waals surface area contributed by atoms with Crippen LogP contribution >= 0.6 is 0 Å². The predicted octanol–water partition coefficient (Wildman–Crippen LogP) is 2.01. The standard InChI is InChI=1S/C14H14F2N2O4S/c1-14(13(15)16,7-12(19)20)18-23(21,22)11-4-2-3-9-5-6-17-8-10(9)11/h2-6,8,13,18H,7H2,1H3,(H,19,20). The van der Waals surface area contributed by atoms with Crippen molar-refractivity contribution in [3.63, 3.8) is 0 Å². The van der Waals surface area contributed by atoms with Gasteiger partial charge in [0.25, 0.3) is 6.43 Å². The van der Waals surface area contributed by atoms with Crippen molar-refractivity contribution >= 4 is 26.8 Å². The third kappa shape index (κ3) is 3.62. The highest BCUT2D eigenvalue weighted by Gasteiger charge is 2.41. The molecule has 0 saturated heterocycles. The molecule has 0 aliphatic rings. The van der Waals surface area contributed by atoms with Gasteiger partial charge in [-0.15, -0.1) is 0 Å². The van der Waals surface area contributed by atoms with Crippen LogP contribution in [0.3, 0.4) is 0 Å². The molecule has 0 amide bonds. The number of fused-ring (bicyclic) bond motifs is 1. The SMILES string of the molecule is CC(CC(=O)O)(NS(=O)(=O)c1cccc2ccncc12)C(F)F. The summed E-state index contributed by atoms with van der Waals surface area (Å²) < 4.78 is 53.2. The molecule has 0 aliphatic carbocycles. The van der Waals surface area contributed by atoms with Crippen LogP contribution in [0.4, 0.5) is 8.78 Å². The number of aliphatic carboxylic acids is 1. The van der Waals surface area contributed by atoms with E-state index in [-0.39, 0.29) is 10.3 Å². The van der Waals surface area contributed by atoms with Gasteiger partial charge in [-0.1, -0.05) is 12.1 Å². The largest absolute Gasteiger partial charge is 0.481 e. The molecule has 0 fully saturated rings. The average Bonchev–Trinajstić information content (AvgIpc) is 2.45. The number of alkyl halides is 2. The van der Waals surface area contributed by atoms with Gasteiger partial charge in [0.15, 0.2) is 0 Å². The number of hydrogen-bond donors (Lipinski definition) is 2. The molecule has 23 heavy (non-hydrogen) atoms. The zero-order valence-electron chi connectivity index (χ0n) is 12.0. The van der Waals surface area contributed by atoms with E-state index in [1.807, 2.05) is 4.72 Å². The normalized spacial score (nSPS) is 14.8. The van der Waals surface area contributed by atoms with Crippen molar-refractivity contribution in [2.24, 2.45) is 0 Å². The second-order valence-electron chi connectivity index (χ2n) is 5.25. The van der Waals surface area contributed by atoms with Crippen molar-refractivity contribution < 1.29 is 27.1 Å². The maximum absolute atomic E-state index is 13.2. The lowest BCUT2D eigenvalue weighted by atomic mass is 10.0. The fraction of sp³-hybridized carbons (Fsp3) is 0.286. The number of aromatic nitrogens is 1. The van der Waals surface area contributed by atoms with Crippen molar-refractivity contribution in [3.8, 4) is 0 Å². The monoisotopic (exact) mass is 344 g/mol. The van der Waals surface area contributed by atoms with Gasteiger partial charge < -0.3 is 5.11 Å². The Kier molecular flexibility index (Phi) is 4.62. The molecule has 0 radical (unpaired) electrons. The van der Waals surface area contributed by atoms with Gasteiger partial charge in [0.2, 0.25) is 10.0 Å². The second-order valence-corrected chi connectivity index (χ2v) is 6.90. The molecule has 6 nitrogen and oxygen atoms in total. The Balaban J connectivity index is 2.50. The molecular formula is C14H14F2N2O4S. The number of sulfonamides is 1. The van der Waals surface area contributed by atoms with E-state index in [1.54, 1.807) is 12.1 Å². The fourth-order valence-corrected chi connectivity index (χ4v) is 3.76. The number of rotatable bonds is 6. The number of carbonyl (C=O) groups is 1. The van der Waals surface area contributed by atoms with E-state index in [2.05, 4.69) is 4.98 Å². The summed E-state index contributed by atoms with van der Waals surface area (Å²) in [6, 6.07) is 5.95. The van der Waals surface area contributed by atoms with Gasteiger partial charge >= 0.3 is 5.97 Å². The van der Waals surface area contributed by atoms with Crippen LogP contribution in [-0.2, 0) is 14.8 Å². The van der Waals surface area contributed by atoms with Gasteiger partial charge in [-0.3, -0.25) is 9.78 Å². The topological polar surface area (TPSA) is 96.4 Å². The first kappa shape index (κ1) is 17.2. The molecule has 0 bridgehead atoms. The molecule has 1 unspecified atom stereocenters. The maximum atomic E-state index is 13.2. The number of halogens is 2. The van der Waals surface area contributed by atoms with Gasteiger partial charge in [0.05, 0.1) is 11.3 Å². The molecule has 1 heterocycles. The van der Waals surface area contributed by atoms with Gasteiger partial charge in [-0.2, -0.15) is 4.72 Å². The Labute approximate surface area is 131 Å². The third-order valence-corrected chi connectivity index (χ3v) is 4.97. The van der Waals surface area contributed by atoms with Crippen molar-refractivity contribution in [1.82, 2.24) is 9.71 Å². The Morgan fingerprint density at radius 3 is 2.70 bits per heavy atom. The van der Waals surface area contributed by atoms with E-state index in [4.69, 9.17) is 5.11 Å². The summed E-state index contributed by atoms with van der Waals surface area (Å²) in [5.41, 5.74) is -2.42. The van der Waals surface area contributed by atoms with Crippen molar-refractivity contribution in [1.29, 1.82) is 0 Å². The molecule has 0 aliphatic heterocycles. The summed E-state index contributed by atoms with van der Waals surface area (Å²) in [5.74, 6) is -1.53. The van der Waals surface area contributed by atoms with Crippen LogP contribution in [-0.4, -0.2) is 36.4 Å². The van der Waals surface area contributed by atoms with E-state index in [9.17, 15) is 22.0 Å². The molecular weight excluding hydrogens is 330 g/mol. The first-order valence-corrected chi connectivity index (χ1v) is 8.01. The first-order chi connectivity index (χ1) is 10.7. The Morgan fingerprint density at radius 2 is 2.09 bits per heavy atom. The molecule has 0 spiro atoms. The quantitative estimate of drug-likeness (QED) is 0.836. The molecule has 1 aromatic carbocycles. The number of hydrogen-bond acceptors (Lipinski definition) is 4. The van der Waals surface area contributed by atoms with Crippen LogP contribution in [0.5, 0.6) is 0 Å². The zero-order valence-corrected chi connectivity index (χ0v) is 12.8. The van der Waals surface area contributed by atoms with Crippen LogP contribution in [0.15, 0.2) is 41.6 Å². The number of carboxylic acids is 1. The molecule has 2 N–H and O–H groups in total. The highest BCUT2D eigenvalue weighted by Crippen LogP contribution is 2.26. The number of nitrogens with one attached hydrogen (secondary N) is 1. The van der Waals surface area contributed by atoms with Crippen LogP contribution in [0.2, 0.25) is 0 Å². The smallest absolute Gasteiger partial charge is 0.305 e. The Hall–Kier alpha value is -2.13. The van der Waals surface area contributed by atoms with Crippen molar-refractivity contribution in [2.45, 2.75) is 30.2 Å². The summed E-state index contributed by atoms with van der Waals surface area (Å²) in [6.07, 6.45) is -1.46. The van der Waals surface area contributed by atoms with Gasteiger partial charge in [0.1, 0.15) is 5.54 Å². The van der Waals surface area contributed by atoms with E-state index >= 15 is 0 Å². The first-order valence-electron chi connectivity index (χ1n) is 6.52. The molecule has 2 aromatic rings. The summed E-state index contributed by atoms with van der Waals surface area (Å²) in [4.78, 5) is 14.4. The molecule has 1 atom stereocenters. The lowest BCUT2D eigenvalue weighted by Crippen LogP contribution is -2.52. The summed E-state index contributed by atoms with van der Waals surface area (Å²) >= 11 is 0. The van der Waals surface area contributed by atoms with Crippen LogP contribution in [0.1, 0.15) is 13.3 Å². The number of nitrogens with zero attached hydrogens (tertiary/aromatic N) is 1. The third-order valence-electron chi connectivity index (χ3n) is 3.30. The highest BCUT2D eigenvalue weighted by atomic mass is 32.2. The van der Waals surface area contributed by atoms with Crippen molar-refractivity contribution in [3.05, 3.63) is 36.7 Å². The van der Waals surface area contributed by atoms with Crippen LogP contribution < -0.4 is 4.72 Å². The van der Waals surface area contributed by atoms with E-state index in [0.29, 0.717) is 5.39 Å².